The number of anilines is 1. The number of ketones is 2. The molecular formula is C21H20FNO3. The van der Waals surface area contributed by atoms with Crippen LogP contribution in [0.1, 0.15) is 52.8 Å². The van der Waals surface area contributed by atoms with Crippen LogP contribution in [0.2, 0.25) is 0 Å². The summed E-state index contributed by atoms with van der Waals surface area (Å²) in [5.74, 6) is -0.452. The highest BCUT2D eigenvalue weighted by molar-refractivity contribution is 6.00. The number of hydrogen-bond acceptors (Lipinski definition) is 3. The molecule has 0 bridgehead atoms. The van der Waals surface area contributed by atoms with Crippen molar-refractivity contribution in [3.8, 4) is 0 Å². The highest BCUT2D eigenvalue weighted by Crippen LogP contribution is 2.23. The smallest absolute Gasteiger partial charge is 0.227 e. The lowest BCUT2D eigenvalue weighted by Gasteiger charge is -2.16. The average molecular weight is 353 g/mol. The number of nitrogens with zero attached hydrogens (tertiary/aromatic N) is 1. The number of carbonyl (C=O) groups excluding carboxylic acids is 3. The van der Waals surface area contributed by atoms with Crippen molar-refractivity contribution in [2.24, 2.45) is 0 Å². The van der Waals surface area contributed by atoms with E-state index in [4.69, 9.17) is 0 Å². The van der Waals surface area contributed by atoms with E-state index in [1.165, 1.54) is 24.3 Å². The van der Waals surface area contributed by atoms with E-state index in [0.717, 1.165) is 12.1 Å². The fraction of sp³-hybridized carbons (Fsp3) is 0.286. The Morgan fingerprint density at radius 2 is 1.65 bits per heavy atom. The first-order valence-corrected chi connectivity index (χ1v) is 8.77. The summed E-state index contributed by atoms with van der Waals surface area (Å²) in [7, 11) is 0. The Hall–Kier alpha value is -2.82. The standard InChI is InChI=1S/C21H20FNO3/c22-17-11-9-15(10-12-17)19(24)6-2-7-20(25)16-4-1-5-18(14-16)23-13-3-8-21(23)26/h1,4-5,9-12,14H,2-3,6-8,13H2. The molecule has 1 aliphatic heterocycles. The second-order valence-corrected chi connectivity index (χ2v) is 6.41. The Balaban J connectivity index is 1.56. The van der Waals surface area contributed by atoms with Crippen molar-refractivity contribution in [3.63, 3.8) is 0 Å². The van der Waals surface area contributed by atoms with Crippen molar-refractivity contribution in [2.75, 3.05) is 11.4 Å². The maximum Gasteiger partial charge on any atom is 0.227 e. The lowest BCUT2D eigenvalue weighted by atomic mass is 10.0. The number of rotatable bonds is 7. The van der Waals surface area contributed by atoms with Gasteiger partial charge in [-0.2, -0.15) is 0 Å². The first-order chi connectivity index (χ1) is 12.5. The van der Waals surface area contributed by atoms with Crippen molar-refractivity contribution in [1.29, 1.82) is 0 Å². The minimum Gasteiger partial charge on any atom is -0.312 e. The van der Waals surface area contributed by atoms with Gasteiger partial charge in [0.15, 0.2) is 11.6 Å². The maximum atomic E-state index is 12.9. The molecule has 1 aliphatic rings. The SMILES string of the molecule is O=C(CCCC(=O)c1cccc(N2CCCC2=O)c1)c1ccc(F)cc1. The summed E-state index contributed by atoms with van der Waals surface area (Å²) in [6.07, 6.45) is 2.31. The fourth-order valence-electron chi connectivity index (χ4n) is 3.10. The maximum absolute atomic E-state index is 12.9. The minimum absolute atomic E-state index is 0.0506. The van der Waals surface area contributed by atoms with Gasteiger partial charge in [0, 0.05) is 42.6 Å². The zero-order valence-electron chi connectivity index (χ0n) is 14.4. The van der Waals surface area contributed by atoms with E-state index in [1.54, 1.807) is 23.1 Å². The van der Waals surface area contributed by atoms with Crippen LogP contribution in [0.3, 0.4) is 0 Å². The Kier molecular flexibility index (Phi) is 5.56. The molecule has 0 spiro atoms. The molecule has 0 aliphatic carbocycles. The normalized spacial score (nSPS) is 13.9. The number of benzene rings is 2. The van der Waals surface area contributed by atoms with E-state index in [-0.39, 0.29) is 36.1 Å². The molecule has 1 saturated heterocycles. The van der Waals surface area contributed by atoms with Crippen LogP contribution in [0.15, 0.2) is 48.5 Å². The molecule has 4 nitrogen and oxygen atoms in total. The summed E-state index contributed by atoms with van der Waals surface area (Å²) in [4.78, 5) is 38.0. The van der Waals surface area contributed by atoms with Crippen molar-refractivity contribution < 1.29 is 18.8 Å². The van der Waals surface area contributed by atoms with Gasteiger partial charge in [0.2, 0.25) is 5.91 Å². The Morgan fingerprint density at radius 1 is 0.962 bits per heavy atom. The van der Waals surface area contributed by atoms with Crippen LogP contribution in [-0.4, -0.2) is 24.0 Å². The van der Waals surface area contributed by atoms with Crippen molar-refractivity contribution in [1.82, 2.24) is 0 Å². The van der Waals surface area contributed by atoms with Gasteiger partial charge < -0.3 is 4.90 Å². The molecule has 2 aromatic carbocycles. The number of Topliss-reactive ketones (excluding diaryl/α,β-unsaturated/α-hetero) is 2. The molecule has 134 valence electrons. The summed E-state index contributed by atoms with van der Waals surface area (Å²) in [6.45, 7) is 0.683. The first kappa shape index (κ1) is 18.0. The number of amides is 1. The summed E-state index contributed by atoms with van der Waals surface area (Å²) in [6, 6.07) is 12.5. The van der Waals surface area contributed by atoms with Gasteiger partial charge in [-0.05, 0) is 49.2 Å². The van der Waals surface area contributed by atoms with E-state index >= 15 is 0 Å². The third-order valence-electron chi connectivity index (χ3n) is 4.53. The lowest BCUT2D eigenvalue weighted by Crippen LogP contribution is -2.23. The van der Waals surface area contributed by atoms with Gasteiger partial charge in [-0.1, -0.05) is 12.1 Å². The molecule has 1 fully saturated rings. The Labute approximate surface area is 151 Å². The zero-order valence-corrected chi connectivity index (χ0v) is 14.4. The van der Waals surface area contributed by atoms with Crippen molar-refractivity contribution >= 4 is 23.2 Å². The molecule has 2 aromatic rings. The molecular weight excluding hydrogens is 333 g/mol. The molecule has 0 N–H and O–H groups in total. The lowest BCUT2D eigenvalue weighted by molar-refractivity contribution is -0.117. The van der Waals surface area contributed by atoms with Crippen molar-refractivity contribution in [2.45, 2.75) is 32.1 Å². The van der Waals surface area contributed by atoms with Crippen LogP contribution in [0, 0.1) is 5.82 Å². The molecule has 1 amide bonds. The topological polar surface area (TPSA) is 54.5 Å². The Morgan fingerprint density at radius 3 is 2.31 bits per heavy atom. The van der Waals surface area contributed by atoms with Gasteiger partial charge in [0.05, 0.1) is 0 Å². The zero-order chi connectivity index (χ0) is 18.5. The predicted octanol–water partition coefficient (Wildman–Crippen LogP) is 4.19. The average Bonchev–Trinajstić information content (AvgIpc) is 3.08. The third kappa shape index (κ3) is 4.23. The number of halogens is 1. The summed E-state index contributed by atoms with van der Waals surface area (Å²) in [5, 5.41) is 0. The summed E-state index contributed by atoms with van der Waals surface area (Å²) in [5.41, 5.74) is 1.76. The molecule has 0 radical (unpaired) electrons. The van der Waals surface area contributed by atoms with E-state index in [2.05, 4.69) is 0 Å². The van der Waals surface area contributed by atoms with Gasteiger partial charge in [0.25, 0.3) is 0 Å². The fourth-order valence-corrected chi connectivity index (χ4v) is 3.10. The van der Waals surface area contributed by atoms with Gasteiger partial charge in [-0.15, -0.1) is 0 Å². The first-order valence-electron chi connectivity index (χ1n) is 8.77. The molecule has 3 rings (SSSR count). The molecule has 0 unspecified atom stereocenters. The molecule has 0 aromatic heterocycles. The van der Waals surface area contributed by atoms with E-state index in [9.17, 15) is 18.8 Å². The summed E-state index contributed by atoms with van der Waals surface area (Å²) >= 11 is 0. The summed E-state index contributed by atoms with van der Waals surface area (Å²) < 4.78 is 12.9. The van der Waals surface area contributed by atoms with Gasteiger partial charge in [-0.3, -0.25) is 14.4 Å². The van der Waals surface area contributed by atoms with E-state index in [1.807, 2.05) is 6.07 Å². The van der Waals surface area contributed by atoms with E-state index < -0.39 is 0 Å². The van der Waals surface area contributed by atoms with Gasteiger partial charge >= 0.3 is 0 Å². The highest BCUT2D eigenvalue weighted by atomic mass is 19.1. The van der Waals surface area contributed by atoms with Crippen LogP contribution in [0.5, 0.6) is 0 Å². The van der Waals surface area contributed by atoms with Crippen LogP contribution in [-0.2, 0) is 4.79 Å². The third-order valence-corrected chi connectivity index (χ3v) is 4.53. The molecule has 5 heteroatoms. The largest absolute Gasteiger partial charge is 0.312 e. The Bertz CT molecular complexity index is 829. The van der Waals surface area contributed by atoms with Gasteiger partial charge in [0.1, 0.15) is 5.82 Å². The number of hydrogen-bond donors (Lipinski definition) is 0. The molecule has 26 heavy (non-hydrogen) atoms. The molecule has 0 atom stereocenters. The van der Waals surface area contributed by atoms with Crippen molar-refractivity contribution in [3.05, 3.63) is 65.5 Å². The van der Waals surface area contributed by atoms with Crippen LogP contribution in [0.25, 0.3) is 0 Å². The van der Waals surface area contributed by atoms with E-state index in [0.29, 0.717) is 30.5 Å². The molecule has 0 saturated carbocycles. The predicted molar refractivity (Wildman–Crippen MR) is 96.9 cm³/mol. The quantitative estimate of drug-likeness (QED) is 0.702. The second kappa shape index (κ2) is 8.04. The van der Waals surface area contributed by atoms with Crippen LogP contribution in [0.4, 0.5) is 10.1 Å². The second-order valence-electron chi connectivity index (χ2n) is 6.41. The van der Waals surface area contributed by atoms with Gasteiger partial charge in [-0.25, -0.2) is 4.39 Å². The molecule has 1 heterocycles. The monoisotopic (exact) mass is 353 g/mol. The highest BCUT2D eigenvalue weighted by Gasteiger charge is 2.22. The minimum atomic E-state index is -0.381. The number of carbonyl (C=O) groups is 3. The van der Waals surface area contributed by atoms with Crippen LogP contribution < -0.4 is 4.90 Å². The van der Waals surface area contributed by atoms with Crippen LogP contribution >= 0.6 is 0 Å².